The maximum absolute atomic E-state index is 5.17. The summed E-state index contributed by atoms with van der Waals surface area (Å²) in [6, 6.07) is 2.65. The summed E-state index contributed by atoms with van der Waals surface area (Å²) >= 11 is 0. The van der Waals surface area contributed by atoms with Crippen LogP contribution in [0.1, 0.15) is 6.42 Å². The average molecular weight is 352 g/mol. The lowest BCUT2D eigenvalue weighted by Crippen LogP contribution is -2.69. The number of fused-ring (bicyclic) bond motifs is 3. The first-order valence-corrected chi connectivity index (χ1v) is 8.80. The van der Waals surface area contributed by atoms with Crippen LogP contribution in [0.2, 0.25) is 0 Å². The minimum atomic E-state index is 0.403. The van der Waals surface area contributed by atoms with Crippen molar-refractivity contribution in [1.82, 2.24) is 29.5 Å². The molecule has 3 saturated heterocycles. The van der Waals surface area contributed by atoms with Gasteiger partial charge in [-0.3, -0.25) is 0 Å². The molecule has 0 spiro atoms. The Labute approximate surface area is 150 Å². The highest BCUT2D eigenvalue weighted by Gasteiger charge is 2.46. The van der Waals surface area contributed by atoms with Crippen molar-refractivity contribution in [2.75, 3.05) is 36.6 Å². The third-order valence-electron chi connectivity index (χ3n) is 5.19. The van der Waals surface area contributed by atoms with E-state index in [9.17, 15) is 0 Å². The van der Waals surface area contributed by atoms with Crippen LogP contribution in [0.4, 0.5) is 11.8 Å². The predicted molar refractivity (Wildman–Crippen MR) is 96.1 cm³/mol. The normalized spacial score (nSPS) is 21.9. The van der Waals surface area contributed by atoms with Crippen LogP contribution in [0.5, 0.6) is 0 Å². The Morgan fingerprint density at radius 2 is 1.88 bits per heavy atom. The summed E-state index contributed by atoms with van der Waals surface area (Å²) in [5, 5.41) is 0. The molecule has 0 amide bonds. The van der Waals surface area contributed by atoms with Crippen molar-refractivity contribution < 1.29 is 4.74 Å². The lowest BCUT2D eigenvalue weighted by molar-refractivity contribution is 0.188. The Balaban J connectivity index is 1.41. The lowest BCUT2D eigenvalue weighted by Gasteiger charge is -2.56. The van der Waals surface area contributed by atoms with Gasteiger partial charge in [0.2, 0.25) is 5.95 Å². The number of aromatic nitrogens is 6. The largest absolute Gasteiger partial charge is 0.383 e. The standard InChI is InChI=1S/C17H20N8O/c1-26-6-5-23-11-22-14-15(23)20-10-21-16(14)25-12-7-13(25)9-24(8-12)17-18-3-2-4-19-17/h2-4,10-13H,5-9H2,1H3. The number of hydrogen-bond donors (Lipinski definition) is 0. The fourth-order valence-corrected chi connectivity index (χ4v) is 3.98. The van der Waals surface area contributed by atoms with Gasteiger partial charge in [0.1, 0.15) is 6.33 Å². The number of nitrogens with zero attached hydrogens (tertiary/aromatic N) is 8. The van der Waals surface area contributed by atoms with Gasteiger partial charge in [-0.2, -0.15) is 0 Å². The van der Waals surface area contributed by atoms with E-state index in [2.05, 4.69) is 34.7 Å². The van der Waals surface area contributed by atoms with Crippen LogP contribution in [0.15, 0.2) is 31.1 Å². The third-order valence-corrected chi connectivity index (χ3v) is 5.19. The molecule has 2 bridgehead atoms. The average Bonchev–Trinajstić information content (AvgIpc) is 3.11. The number of rotatable bonds is 5. The molecule has 3 aliphatic rings. The van der Waals surface area contributed by atoms with Crippen LogP contribution in [0.3, 0.4) is 0 Å². The number of piperidine rings is 1. The molecule has 3 aliphatic heterocycles. The second kappa shape index (κ2) is 6.17. The highest BCUT2D eigenvalue weighted by molar-refractivity contribution is 5.84. The summed E-state index contributed by atoms with van der Waals surface area (Å²) in [5.41, 5.74) is 1.72. The second-order valence-corrected chi connectivity index (χ2v) is 6.70. The predicted octanol–water partition coefficient (Wildman–Crippen LogP) is 0.730. The summed E-state index contributed by atoms with van der Waals surface area (Å²) < 4.78 is 7.19. The Hall–Kier alpha value is -2.81. The van der Waals surface area contributed by atoms with Crippen molar-refractivity contribution in [3.8, 4) is 0 Å². The maximum atomic E-state index is 5.17. The van der Waals surface area contributed by atoms with Crippen LogP contribution >= 0.6 is 0 Å². The topological polar surface area (TPSA) is 85.1 Å². The third kappa shape index (κ3) is 2.38. The molecule has 3 aromatic rings. The zero-order chi connectivity index (χ0) is 17.5. The summed E-state index contributed by atoms with van der Waals surface area (Å²) in [5.74, 6) is 1.74. The highest BCUT2D eigenvalue weighted by Crippen LogP contribution is 2.38. The first kappa shape index (κ1) is 15.4. The van der Waals surface area contributed by atoms with Crippen LogP contribution in [-0.4, -0.2) is 68.4 Å². The Morgan fingerprint density at radius 1 is 1.08 bits per heavy atom. The number of hydrogen-bond acceptors (Lipinski definition) is 8. The van der Waals surface area contributed by atoms with Crippen molar-refractivity contribution in [3.63, 3.8) is 0 Å². The molecule has 6 heterocycles. The summed E-state index contributed by atoms with van der Waals surface area (Å²) in [6.07, 6.45) is 8.21. The molecular weight excluding hydrogens is 332 g/mol. The van der Waals surface area contributed by atoms with E-state index >= 15 is 0 Å². The molecule has 26 heavy (non-hydrogen) atoms. The molecule has 2 atom stereocenters. The van der Waals surface area contributed by atoms with Crippen molar-refractivity contribution in [2.24, 2.45) is 0 Å². The Morgan fingerprint density at radius 3 is 2.65 bits per heavy atom. The summed E-state index contributed by atoms with van der Waals surface area (Å²) in [6.45, 7) is 3.16. The van der Waals surface area contributed by atoms with Crippen LogP contribution in [0.25, 0.3) is 11.2 Å². The zero-order valence-corrected chi connectivity index (χ0v) is 14.6. The Kier molecular flexibility index (Phi) is 3.66. The van der Waals surface area contributed by atoms with E-state index in [0.717, 1.165) is 42.6 Å². The van der Waals surface area contributed by atoms with Gasteiger partial charge in [0, 0.05) is 39.1 Å². The molecule has 0 saturated carbocycles. The molecule has 0 N–H and O–H groups in total. The number of imidazole rings is 1. The number of methoxy groups -OCH3 is 1. The van der Waals surface area contributed by atoms with Gasteiger partial charge in [0.25, 0.3) is 0 Å². The van der Waals surface area contributed by atoms with Gasteiger partial charge in [-0.05, 0) is 12.5 Å². The van der Waals surface area contributed by atoms with Crippen molar-refractivity contribution in [2.45, 2.75) is 25.0 Å². The van der Waals surface area contributed by atoms with Gasteiger partial charge in [0.15, 0.2) is 17.0 Å². The van der Waals surface area contributed by atoms with E-state index < -0.39 is 0 Å². The molecule has 6 rings (SSSR count). The van der Waals surface area contributed by atoms with E-state index in [0.29, 0.717) is 18.7 Å². The van der Waals surface area contributed by atoms with Gasteiger partial charge in [-0.25, -0.2) is 24.9 Å². The van der Waals surface area contributed by atoms with Crippen molar-refractivity contribution in [1.29, 1.82) is 0 Å². The van der Waals surface area contributed by atoms with Gasteiger partial charge >= 0.3 is 0 Å². The molecular formula is C17H20N8O. The molecule has 134 valence electrons. The molecule has 0 aromatic carbocycles. The quantitative estimate of drug-likeness (QED) is 0.664. The summed E-state index contributed by atoms with van der Waals surface area (Å²) in [4.78, 5) is 27.0. The van der Waals surface area contributed by atoms with E-state index in [4.69, 9.17) is 4.74 Å². The second-order valence-electron chi connectivity index (χ2n) is 6.70. The smallest absolute Gasteiger partial charge is 0.225 e. The first-order chi connectivity index (χ1) is 12.8. The fraction of sp³-hybridized carbons (Fsp3) is 0.471. The maximum Gasteiger partial charge on any atom is 0.225 e. The highest BCUT2D eigenvalue weighted by atomic mass is 16.5. The van der Waals surface area contributed by atoms with Crippen molar-refractivity contribution in [3.05, 3.63) is 31.1 Å². The minimum Gasteiger partial charge on any atom is -0.383 e. The van der Waals surface area contributed by atoms with Gasteiger partial charge in [0.05, 0.1) is 25.0 Å². The molecule has 3 fully saturated rings. The van der Waals surface area contributed by atoms with Crippen LogP contribution in [-0.2, 0) is 11.3 Å². The van der Waals surface area contributed by atoms with E-state index in [-0.39, 0.29) is 0 Å². The molecule has 0 radical (unpaired) electrons. The number of piperazine rings is 1. The molecule has 0 aliphatic carbocycles. The monoisotopic (exact) mass is 352 g/mol. The van der Waals surface area contributed by atoms with Crippen LogP contribution in [0, 0.1) is 0 Å². The summed E-state index contributed by atoms with van der Waals surface area (Å²) in [7, 11) is 1.70. The van der Waals surface area contributed by atoms with E-state index in [1.807, 2.05) is 17.0 Å². The van der Waals surface area contributed by atoms with E-state index in [1.54, 1.807) is 25.8 Å². The van der Waals surface area contributed by atoms with Gasteiger partial charge < -0.3 is 19.1 Å². The molecule has 9 heteroatoms. The zero-order valence-electron chi connectivity index (χ0n) is 14.6. The fourth-order valence-electron chi connectivity index (χ4n) is 3.98. The number of anilines is 2. The Bertz CT molecular complexity index is 902. The molecule has 9 nitrogen and oxygen atoms in total. The molecule has 2 unspecified atom stereocenters. The first-order valence-electron chi connectivity index (χ1n) is 8.80. The van der Waals surface area contributed by atoms with Crippen LogP contribution < -0.4 is 9.80 Å². The van der Waals surface area contributed by atoms with Gasteiger partial charge in [-0.15, -0.1) is 0 Å². The molecule has 3 aromatic heterocycles. The van der Waals surface area contributed by atoms with Crippen molar-refractivity contribution >= 4 is 22.9 Å². The lowest BCUT2D eigenvalue weighted by atomic mass is 9.87. The SMILES string of the molecule is COCCn1cnc2c(N3C4CC3CN(c3ncccn3)C4)ncnc21. The van der Waals surface area contributed by atoms with E-state index in [1.165, 1.54) is 6.42 Å². The van der Waals surface area contributed by atoms with Gasteiger partial charge in [-0.1, -0.05) is 0 Å². The number of ether oxygens (including phenoxy) is 1. The minimum absolute atomic E-state index is 0.403.